The van der Waals surface area contributed by atoms with Crippen LogP contribution in [0.2, 0.25) is 0 Å². The Morgan fingerprint density at radius 3 is 2.71 bits per heavy atom. The number of carbonyl (C=O) groups excluding carboxylic acids is 1. The van der Waals surface area contributed by atoms with Crippen molar-refractivity contribution in [2.24, 2.45) is 7.05 Å². The lowest BCUT2D eigenvalue weighted by atomic mass is 10.2. The van der Waals surface area contributed by atoms with Crippen LogP contribution in [-0.4, -0.2) is 39.6 Å². The van der Waals surface area contributed by atoms with Gasteiger partial charge in [-0.25, -0.2) is 4.98 Å². The fraction of sp³-hybridized carbons (Fsp3) is 0.240. The predicted octanol–water partition coefficient (Wildman–Crippen LogP) is 4.99. The molecule has 34 heavy (non-hydrogen) atoms. The summed E-state index contributed by atoms with van der Waals surface area (Å²) >= 11 is 3.45. The van der Waals surface area contributed by atoms with E-state index >= 15 is 0 Å². The third kappa shape index (κ3) is 5.21. The van der Waals surface area contributed by atoms with Gasteiger partial charge >= 0.3 is 0 Å². The van der Waals surface area contributed by atoms with Crippen LogP contribution < -0.4 is 20.7 Å². The highest BCUT2D eigenvalue weighted by molar-refractivity contribution is 9.10. The van der Waals surface area contributed by atoms with E-state index in [2.05, 4.69) is 36.9 Å². The lowest BCUT2D eigenvalue weighted by molar-refractivity contribution is 0.0934. The number of imidazole rings is 1. The minimum atomic E-state index is -0.196. The minimum absolute atomic E-state index is 0. The highest BCUT2D eigenvalue weighted by Gasteiger charge is 2.18. The molecule has 0 saturated carbocycles. The van der Waals surface area contributed by atoms with E-state index in [0.29, 0.717) is 17.2 Å². The molecular formula is C25H27BrN6O2. The summed E-state index contributed by atoms with van der Waals surface area (Å²) in [6.45, 7) is 1.70. The number of pyridine rings is 1. The normalized spacial score (nSPS) is 15.1. The van der Waals surface area contributed by atoms with Crippen LogP contribution in [0.25, 0.3) is 11.0 Å². The molecule has 2 aromatic carbocycles. The number of amides is 1. The van der Waals surface area contributed by atoms with Gasteiger partial charge in [-0.15, -0.1) is 0 Å². The van der Waals surface area contributed by atoms with Gasteiger partial charge < -0.3 is 25.3 Å². The molecule has 4 aromatic rings. The quantitative estimate of drug-likeness (QED) is 0.330. The molecule has 1 atom stereocenters. The molecule has 176 valence electrons. The minimum Gasteiger partial charge on any atom is -0.457 e. The maximum atomic E-state index is 12.5. The zero-order valence-corrected chi connectivity index (χ0v) is 19.6. The van der Waals surface area contributed by atoms with E-state index in [1.807, 2.05) is 54.1 Å². The van der Waals surface area contributed by atoms with Gasteiger partial charge in [-0.05, 0) is 55.4 Å². The molecule has 1 fully saturated rings. The third-order valence-corrected chi connectivity index (χ3v) is 6.08. The first kappa shape index (κ1) is 23.7. The van der Waals surface area contributed by atoms with Crippen LogP contribution in [-0.2, 0) is 7.05 Å². The largest absolute Gasteiger partial charge is 0.457 e. The number of benzene rings is 2. The molecule has 3 N–H and O–H groups in total. The zero-order valence-electron chi connectivity index (χ0n) is 18.0. The Labute approximate surface area is 206 Å². The van der Waals surface area contributed by atoms with Crippen LogP contribution >= 0.6 is 15.9 Å². The SMILES string of the molecule is C.Cn1c(Nc2ccc(Br)cc2)nc2cc(Oc3ccnc(C(=O)N[C@H]4CCNC4)c3)ccc21. The van der Waals surface area contributed by atoms with Crippen molar-refractivity contribution < 1.29 is 9.53 Å². The summed E-state index contributed by atoms with van der Waals surface area (Å²) in [4.78, 5) is 21.4. The Balaban J connectivity index is 0.00000274. The van der Waals surface area contributed by atoms with E-state index in [1.165, 1.54) is 0 Å². The van der Waals surface area contributed by atoms with Gasteiger partial charge in [0.15, 0.2) is 0 Å². The second-order valence-corrected chi connectivity index (χ2v) is 8.83. The van der Waals surface area contributed by atoms with E-state index in [-0.39, 0.29) is 19.4 Å². The molecule has 2 aromatic heterocycles. The lowest BCUT2D eigenvalue weighted by Gasteiger charge is -2.11. The summed E-state index contributed by atoms with van der Waals surface area (Å²) in [5.41, 5.74) is 3.06. The average Bonchev–Trinajstić information content (AvgIpc) is 3.43. The summed E-state index contributed by atoms with van der Waals surface area (Å²) in [5.74, 6) is 1.71. The Kier molecular flexibility index (Phi) is 7.14. The fourth-order valence-electron chi connectivity index (χ4n) is 3.79. The molecular weight excluding hydrogens is 496 g/mol. The lowest BCUT2D eigenvalue weighted by Crippen LogP contribution is -2.36. The van der Waals surface area contributed by atoms with Gasteiger partial charge in [0.25, 0.3) is 5.91 Å². The monoisotopic (exact) mass is 522 g/mol. The van der Waals surface area contributed by atoms with E-state index in [4.69, 9.17) is 9.72 Å². The maximum absolute atomic E-state index is 12.5. The maximum Gasteiger partial charge on any atom is 0.270 e. The number of rotatable bonds is 6. The van der Waals surface area contributed by atoms with Crippen LogP contribution in [0.1, 0.15) is 24.3 Å². The van der Waals surface area contributed by atoms with Crippen molar-refractivity contribution in [3.05, 3.63) is 71.0 Å². The summed E-state index contributed by atoms with van der Waals surface area (Å²) in [6, 6.07) is 17.2. The third-order valence-electron chi connectivity index (χ3n) is 5.55. The average molecular weight is 523 g/mol. The van der Waals surface area contributed by atoms with Crippen molar-refractivity contribution in [3.8, 4) is 11.5 Å². The number of hydrogen-bond donors (Lipinski definition) is 3. The summed E-state index contributed by atoms with van der Waals surface area (Å²) in [5, 5.41) is 9.58. The number of hydrogen-bond acceptors (Lipinski definition) is 6. The van der Waals surface area contributed by atoms with E-state index in [1.54, 1.807) is 18.3 Å². The molecule has 0 unspecified atom stereocenters. The van der Waals surface area contributed by atoms with Crippen molar-refractivity contribution in [1.29, 1.82) is 0 Å². The Morgan fingerprint density at radius 1 is 1.15 bits per heavy atom. The van der Waals surface area contributed by atoms with Crippen molar-refractivity contribution in [1.82, 2.24) is 25.2 Å². The number of aryl methyl sites for hydroxylation is 1. The molecule has 8 nitrogen and oxygen atoms in total. The number of fused-ring (bicyclic) bond motifs is 1. The van der Waals surface area contributed by atoms with Gasteiger partial charge in [-0.3, -0.25) is 9.78 Å². The number of carbonyl (C=O) groups is 1. The van der Waals surface area contributed by atoms with Gasteiger partial charge in [-0.1, -0.05) is 23.4 Å². The molecule has 0 spiro atoms. The number of ether oxygens (including phenoxy) is 1. The molecule has 0 aliphatic carbocycles. The first-order chi connectivity index (χ1) is 16.0. The van der Waals surface area contributed by atoms with Crippen LogP contribution in [0.3, 0.4) is 0 Å². The number of anilines is 2. The van der Waals surface area contributed by atoms with Crippen molar-refractivity contribution in [3.63, 3.8) is 0 Å². The van der Waals surface area contributed by atoms with Gasteiger partial charge in [0, 0.05) is 48.1 Å². The molecule has 3 heterocycles. The van der Waals surface area contributed by atoms with Gasteiger partial charge in [0.2, 0.25) is 5.95 Å². The summed E-state index contributed by atoms with van der Waals surface area (Å²) < 4.78 is 9.04. The fourth-order valence-corrected chi connectivity index (χ4v) is 4.05. The molecule has 0 bridgehead atoms. The van der Waals surface area contributed by atoms with E-state index < -0.39 is 0 Å². The first-order valence-electron chi connectivity index (χ1n) is 10.7. The van der Waals surface area contributed by atoms with Gasteiger partial charge in [0.05, 0.1) is 11.0 Å². The predicted molar refractivity (Wildman–Crippen MR) is 138 cm³/mol. The Morgan fingerprint density at radius 2 is 1.94 bits per heavy atom. The van der Waals surface area contributed by atoms with Crippen LogP contribution in [0.5, 0.6) is 11.5 Å². The highest BCUT2D eigenvalue weighted by Crippen LogP contribution is 2.28. The van der Waals surface area contributed by atoms with Gasteiger partial charge in [0.1, 0.15) is 17.2 Å². The molecule has 1 aliphatic heterocycles. The second-order valence-electron chi connectivity index (χ2n) is 7.92. The topological polar surface area (TPSA) is 93.1 Å². The first-order valence-corrected chi connectivity index (χ1v) is 11.5. The molecule has 1 saturated heterocycles. The molecule has 5 rings (SSSR count). The Hall–Kier alpha value is -3.43. The van der Waals surface area contributed by atoms with Gasteiger partial charge in [-0.2, -0.15) is 0 Å². The van der Waals surface area contributed by atoms with Crippen LogP contribution in [0, 0.1) is 0 Å². The molecule has 9 heteroatoms. The number of nitrogens with one attached hydrogen (secondary N) is 3. The summed E-state index contributed by atoms with van der Waals surface area (Å²) in [7, 11) is 1.96. The van der Waals surface area contributed by atoms with Crippen LogP contribution in [0.4, 0.5) is 11.6 Å². The smallest absolute Gasteiger partial charge is 0.270 e. The van der Waals surface area contributed by atoms with E-state index in [9.17, 15) is 4.79 Å². The zero-order chi connectivity index (χ0) is 22.8. The molecule has 1 amide bonds. The summed E-state index contributed by atoms with van der Waals surface area (Å²) in [6.07, 6.45) is 2.50. The second kappa shape index (κ2) is 10.2. The van der Waals surface area contributed by atoms with Crippen LogP contribution in [0.15, 0.2) is 65.3 Å². The van der Waals surface area contributed by atoms with Crippen molar-refractivity contribution >= 4 is 44.5 Å². The Bertz CT molecular complexity index is 1300. The van der Waals surface area contributed by atoms with Crippen molar-refractivity contribution in [2.45, 2.75) is 19.9 Å². The number of aromatic nitrogens is 3. The highest BCUT2D eigenvalue weighted by atomic mass is 79.9. The standard InChI is InChI=1S/C24H23BrN6O2.CH4/c1-31-22-7-6-18(12-20(22)30-24(31)29-16-4-2-15(25)3-5-16)33-19-9-11-27-21(13-19)23(32)28-17-8-10-26-14-17;/h2-7,9,11-13,17,26H,8,10,14H2,1H3,(H,28,32)(H,29,30);1H4/t17-;/m0./s1. The molecule has 1 aliphatic rings. The van der Waals surface area contributed by atoms with E-state index in [0.717, 1.165) is 46.7 Å². The number of halogens is 1. The van der Waals surface area contributed by atoms with Crippen molar-refractivity contribution in [2.75, 3.05) is 18.4 Å². The number of nitrogens with zero attached hydrogens (tertiary/aromatic N) is 3. The molecule has 0 radical (unpaired) electrons.